The number of hydrogen-bond donors (Lipinski definition) is 1. The number of hydrogen-bond acceptors (Lipinski definition) is 3. The van der Waals surface area contributed by atoms with Crippen LogP contribution in [-0.4, -0.2) is 11.4 Å². The Labute approximate surface area is 137 Å². The Hall–Kier alpha value is -1.67. The molecule has 3 nitrogen and oxygen atoms in total. The van der Waals surface area contributed by atoms with Gasteiger partial charge in [-0.25, -0.2) is 4.99 Å². The van der Waals surface area contributed by atoms with Crippen molar-refractivity contribution in [1.82, 2.24) is 5.32 Å². The van der Waals surface area contributed by atoms with E-state index in [4.69, 9.17) is 28.5 Å². The van der Waals surface area contributed by atoms with E-state index < -0.39 is 0 Å². The van der Waals surface area contributed by atoms with Gasteiger partial charge in [0.25, 0.3) is 0 Å². The Morgan fingerprint density at radius 3 is 2.57 bits per heavy atom. The zero-order chi connectivity index (χ0) is 15.2. The summed E-state index contributed by atoms with van der Waals surface area (Å²) in [7, 11) is 0. The second-order valence-corrected chi connectivity index (χ2v) is 5.65. The number of rotatable bonds is 2. The summed E-state index contributed by atoms with van der Waals surface area (Å²) in [4.78, 5) is 4.38. The molecular formula is C15H11Cl2N3S. The summed E-state index contributed by atoms with van der Waals surface area (Å²) in [6.45, 7) is 0. The molecule has 0 fully saturated rings. The number of halogens is 2. The quantitative estimate of drug-likeness (QED) is 0.360. The van der Waals surface area contributed by atoms with Crippen LogP contribution in [0.5, 0.6) is 0 Å². The molecule has 0 aliphatic rings. The van der Waals surface area contributed by atoms with Gasteiger partial charge in [-0.15, -0.1) is 0 Å². The highest BCUT2D eigenvalue weighted by Gasteiger charge is 2.03. The highest BCUT2D eigenvalue weighted by molar-refractivity contribution is 8.13. The molecule has 2 rings (SSSR count). The highest BCUT2D eigenvalue weighted by atomic mass is 35.5. The number of benzene rings is 2. The lowest BCUT2D eigenvalue weighted by Gasteiger charge is -2.05. The van der Waals surface area contributed by atoms with Gasteiger partial charge in [0.1, 0.15) is 0 Å². The summed E-state index contributed by atoms with van der Waals surface area (Å²) in [5, 5.41) is 12.8. The van der Waals surface area contributed by atoms with E-state index in [1.165, 1.54) is 11.8 Å². The third-order valence-electron chi connectivity index (χ3n) is 2.69. The maximum Gasteiger partial charge on any atom is 0.183 e. The number of nitrogens with one attached hydrogen (secondary N) is 1. The summed E-state index contributed by atoms with van der Waals surface area (Å²) in [5.41, 5.74) is 2.69. The van der Waals surface area contributed by atoms with Crippen molar-refractivity contribution in [2.24, 2.45) is 4.99 Å². The number of amidine groups is 1. The zero-order valence-corrected chi connectivity index (χ0v) is 13.4. The largest absolute Gasteiger partial charge is 0.271 e. The standard InChI is InChI=1S/C15H11Cl2N3S/c1-21-15(19-9-18)20-12-4-2-3-10(7-12)11-5-6-13(16)14(17)8-11/h2-8H,1H3,(H,19,20). The first-order valence-electron chi connectivity index (χ1n) is 5.97. The van der Waals surface area contributed by atoms with E-state index in [-0.39, 0.29) is 0 Å². The molecule has 0 aromatic heterocycles. The Morgan fingerprint density at radius 2 is 1.90 bits per heavy atom. The summed E-state index contributed by atoms with van der Waals surface area (Å²) in [5.74, 6) is 0. The summed E-state index contributed by atoms with van der Waals surface area (Å²) < 4.78 is 0. The predicted octanol–water partition coefficient (Wildman–Crippen LogP) is 5.08. The van der Waals surface area contributed by atoms with Crippen LogP contribution in [-0.2, 0) is 0 Å². The summed E-state index contributed by atoms with van der Waals surface area (Å²) in [6.07, 6.45) is 3.72. The van der Waals surface area contributed by atoms with Crippen molar-refractivity contribution >= 4 is 45.8 Å². The van der Waals surface area contributed by atoms with Gasteiger partial charge in [0.05, 0.1) is 15.7 Å². The third kappa shape index (κ3) is 4.15. The summed E-state index contributed by atoms with van der Waals surface area (Å²) in [6, 6.07) is 13.1. The van der Waals surface area contributed by atoms with Gasteiger partial charge in [0.15, 0.2) is 11.4 Å². The minimum absolute atomic E-state index is 0.513. The Kier molecular flexibility index (Phi) is 5.51. The van der Waals surface area contributed by atoms with Crippen molar-refractivity contribution in [2.45, 2.75) is 0 Å². The van der Waals surface area contributed by atoms with Gasteiger partial charge >= 0.3 is 0 Å². The predicted molar refractivity (Wildman–Crippen MR) is 91.3 cm³/mol. The second kappa shape index (κ2) is 7.37. The summed E-state index contributed by atoms with van der Waals surface area (Å²) >= 11 is 13.3. The van der Waals surface area contributed by atoms with Crippen LogP contribution in [0.2, 0.25) is 10.0 Å². The molecule has 2 aromatic carbocycles. The minimum atomic E-state index is 0.513. The highest BCUT2D eigenvalue weighted by Crippen LogP contribution is 2.30. The van der Waals surface area contributed by atoms with Gasteiger partial charge in [-0.3, -0.25) is 5.32 Å². The molecule has 0 radical (unpaired) electrons. The van der Waals surface area contributed by atoms with Crippen LogP contribution >= 0.6 is 35.0 Å². The molecule has 0 unspecified atom stereocenters. The molecule has 0 amide bonds. The zero-order valence-electron chi connectivity index (χ0n) is 11.1. The van der Waals surface area contributed by atoms with Crippen LogP contribution in [0.15, 0.2) is 47.5 Å². The molecule has 0 spiro atoms. The van der Waals surface area contributed by atoms with Crippen molar-refractivity contribution in [3.05, 3.63) is 52.5 Å². The van der Waals surface area contributed by atoms with Gasteiger partial charge in [-0.1, -0.05) is 53.2 Å². The molecule has 0 heterocycles. The van der Waals surface area contributed by atoms with Gasteiger partial charge in [-0.2, -0.15) is 5.26 Å². The monoisotopic (exact) mass is 335 g/mol. The topological polar surface area (TPSA) is 48.2 Å². The van der Waals surface area contributed by atoms with E-state index in [9.17, 15) is 0 Å². The molecule has 0 aliphatic carbocycles. The van der Waals surface area contributed by atoms with Crippen LogP contribution in [0.3, 0.4) is 0 Å². The van der Waals surface area contributed by atoms with Crippen molar-refractivity contribution in [1.29, 1.82) is 5.26 Å². The Bertz CT molecular complexity index is 723. The smallest absolute Gasteiger partial charge is 0.183 e. The first-order chi connectivity index (χ1) is 10.1. The maximum absolute atomic E-state index is 8.65. The van der Waals surface area contributed by atoms with Gasteiger partial charge in [0.2, 0.25) is 0 Å². The van der Waals surface area contributed by atoms with E-state index in [2.05, 4.69) is 10.3 Å². The molecular weight excluding hydrogens is 325 g/mol. The van der Waals surface area contributed by atoms with Crippen LogP contribution in [0.4, 0.5) is 5.69 Å². The first-order valence-corrected chi connectivity index (χ1v) is 7.95. The van der Waals surface area contributed by atoms with Gasteiger partial charge in [-0.05, 0) is 41.6 Å². The fourth-order valence-corrected chi connectivity index (χ4v) is 2.36. The molecule has 0 saturated heterocycles. The van der Waals surface area contributed by atoms with E-state index in [0.717, 1.165) is 16.8 Å². The van der Waals surface area contributed by atoms with Crippen molar-refractivity contribution < 1.29 is 0 Å². The molecule has 2 aromatic rings. The molecule has 21 heavy (non-hydrogen) atoms. The SMILES string of the molecule is CSC(=Nc1cccc(-c2ccc(Cl)c(Cl)c2)c1)NC#N. The number of nitriles is 1. The lowest BCUT2D eigenvalue weighted by molar-refractivity contribution is 1.28. The molecule has 6 heteroatoms. The van der Waals surface area contributed by atoms with Crippen molar-refractivity contribution in [3.8, 4) is 17.3 Å². The molecule has 0 atom stereocenters. The fourth-order valence-electron chi connectivity index (χ4n) is 1.72. The first kappa shape index (κ1) is 15.7. The maximum atomic E-state index is 8.65. The van der Waals surface area contributed by atoms with E-state index in [0.29, 0.717) is 15.2 Å². The molecule has 0 aliphatic heterocycles. The van der Waals surface area contributed by atoms with Gasteiger partial charge in [0, 0.05) is 0 Å². The number of aliphatic imine (C=N–C) groups is 1. The Morgan fingerprint density at radius 1 is 1.14 bits per heavy atom. The van der Waals surface area contributed by atoms with Crippen molar-refractivity contribution in [2.75, 3.05) is 6.26 Å². The normalized spacial score (nSPS) is 11.0. The van der Waals surface area contributed by atoms with Crippen LogP contribution in [0, 0.1) is 11.5 Å². The average molecular weight is 336 g/mol. The van der Waals surface area contributed by atoms with E-state index in [1.807, 2.05) is 48.8 Å². The molecule has 106 valence electrons. The number of nitrogens with zero attached hydrogens (tertiary/aromatic N) is 2. The van der Waals surface area contributed by atoms with Crippen LogP contribution in [0.25, 0.3) is 11.1 Å². The van der Waals surface area contributed by atoms with E-state index in [1.54, 1.807) is 6.07 Å². The lowest BCUT2D eigenvalue weighted by Crippen LogP contribution is -2.12. The lowest BCUT2D eigenvalue weighted by atomic mass is 10.1. The van der Waals surface area contributed by atoms with Crippen LogP contribution in [0.1, 0.15) is 0 Å². The van der Waals surface area contributed by atoms with Gasteiger partial charge < -0.3 is 0 Å². The average Bonchev–Trinajstić information content (AvgIpc) is 2.50. The molecule has 0 bridgehead atoms. The molecule has 1 N–H and O–H groups in total. The Balaban J connectivity index is 2.37. The van der Waals surface area contributed by atoms with Crippen molar-refractivity contribution in [3.63, 3.8) is 0 Å². The van der Waals surface area contributed by atoms with Crippen LogP contribution < -0.4 is 5.32 Å². The third-order valence-corrected chi connectivity index (χ3v) is 4.00. The van der Waals surface area contributed by atoms with E-state index >= 15 is 0 Å². The fraction of sp³-hybridized carbons (Fsp3) is 0.0667. The molecule has 0 saturated carbocycles. The minimum Gasteiger partial charge on any atom is -0.271 e. The number of thioether (sulfide) groups is 1. The second-order valence-electron chi connectivity index (χ2n) is 4.04.